The minimum atomic E-state index is -3.77. The summed E-state index contributed by atoms with van der Waals surface area (Å²) in [5, 5.41) is 3.19. The third kappa shape index (κ3) is 3.59. The molecular formula is C23H23N5O3S. The van der Waals surface area contributed by atoms with Crippen molar-refractivity contribution in [1.29, 1.82) is 0 Å². The van der Waals surface area contributed by atoms with Crippen molar-refractivity contribution in [2.45, 2.75) is 4.90 Å². The second-order valence-corrected chi connectivity index (χ2v) is 9.35. The number of anilines is 4. The van der Waals surface area contributed by atoms with Crippen LogP contribution in [-0.2, 0) is 14.8 Å². The number of morpholine rings is 1. The summed E-state index contributed by atoms with van der Waals surface area (Å²) in [5.41, 5.74) is 3.67. The molecule has 3 aromatic rings. The Balaban J connectivity index is 1.46. The van der Waals surface area contributed by atoms with Gasteiger partial charge in [0.2, 0.25) is 5.95 Å². The third-order valence-corrected chi connectivity index (χ3v) is 7.33. The van der Waals surface area contributed by atoms with E-state index >= 15 is 0 Å². The molecule has 0 bridgehead atoms. The van der Waals surface area contributed by atoms with Gasteiger partial charge in [0.1, 0.15) is 4.90 Å². The fourth-order valence-electron chi connectivity index (χ4n) is 3.97. The first-order valence-electron chi connectivity index (χ1n) is 10.4. The number of rotatable bonds is 5. The number of nitrogens with zero attached hydrogens (tertiary/aromatic N) is 4. The predicted molar refractivity (Wildman–Crippen MR) is 125 cm³/mol. The Labute approximate surface area is 187 Å². The van der Waals surface area contributed by atoms with Crippen molar-refractivity contribution in [3.8, 4) is 11.3 Å². The molecule has 1 N–H and O–H groups in total. The highest BCUT2D eigenvalue weighted by molar-refractivity contribution is 7.93. The van der Waals surface area contributed by atoms with E-state index in [1.165, 1.54) is 10.5 Å². The van der Waals surface area contributed by atoms with Gasteiger partial charge in [-0.3, -0.25) is 4.31 Å². The maximum absolute atomic E-state index is 13.2. The smallest absolute Gasteiger partial charge is 0.268 e. The summed E-state index contributed by atoms with van der Waals surface area (Å²) >= 11 is 0. The normalized spacial score (nSPS) is 16.8. The van der Waals surface area contributed by atoms with Crippen LogP contribution in [0, 0.1) is 0 Å². The van der Waals surface area contributed by atoms with E-state index in [-0.39, 0.29) is 11.4 Å². The lowest BCUT2D eigenvalue weighted by molar-refractivity contribution is 0.122. The third-order valence-electron chi connectivity index (χ3n) is 5.55. The molecule has 2 aliphatic rings. The first kappa shape index (κ1) is 20.5. The minimum Gasteiger partial charge on any atom is -0.378 e. The van der Waals surface area contributed by atoms with Crippen molar-refractivity contribution in [2.24, 2.45) is 0 Å². The highest BCUT2D eigenvalue weighted by Crippen LogP contribution is 2.41. The fraction of sp³-hybridized carbons (Fsp3) is 0.217. The zero-order valence-corrected chi connectivity index (χ0v) is 18.3. The van der Waals surface area contributed by atoms with Crippen LogP contribution in [0.2, 0.25) is 0 Å². The standard InChI is InChI=1S/C23H23N5O3S/c1-2-11-28-20-6-4-3-5-19(20)22-21(32(28,29)30)16-24-23(26-22)25-17-7-9-18(10-8-17)27-12-14-31-15-13-27/h2-10,16H,1,11-15H2,(H,24,25,26). The summed E-state index contributed by atoms with van der Waals surface area (Å²) in [7, 11) is -3.77. The Hall–Kier alpha value is -3.43. The van der Waals surface area contributed by atoms with Crippen LogP contribution in [-0.4, -0.2) is 51.2 Å². The molecule has 0 unspecified atom stereocenters. The van der Waals surface area contributed by atoms with Gasteiger partial charge in [0.15, 0.2) is 0 Å². The Bertz CT molecular complexity index is 1250. The van der Waals surface area contributed by atoms with Crippen LogP contribution in [0.4, 0.5) is 23.0 Å². The largest absolute Gasteiger partial charge is 0.378 e. The topological polar surface area (TPSA) is 87.7 Å². The average Bonchev–Trinajstić information content (AvgIpc) is 2.83. The summed E-state index contributed by atoms with van der Waals surface area (Å²) in [6.45, 7) is 7.08. The second kappa shape index (κ2) is 8.25. The molecule has 2 aromatic carbocycles. The lowest BCUT2D eigenvalue weighted by Crippen LogP contribution is -2.36. The van der Waals surface area contributed by atoms with Gasteiger partial charge in [0.05, 0.1) is 37.3 Å². The Morgan fingerprint density at radius 1 is 1.09 bits per heavy atom. The first-order valence-corrected chi connectivity index (χ1v) is 11.8. The minimum absolute atomic E-state index is 0.0891. The maximum atomic E-state index is 13.2. The predicted octanol–water partition coefficient (Wildman–Crippen LogP) is 3.42. The van der Waals surface area contributed by atoms with Crippen LogP contribution in [0.5, 0.6) is 0 Å². The maximum Gasteiger partial charge on any atom is 0.268 e. The molecule has 1 aromatic heterocycles. The van der Waals surface area contributed by atoms with Crippen molar-refractivity contribution in [1.82, 2.24) is 9.97 Å². The summed E-state index contributed by atoms with van der Waals surface area (Å²) < 4.78 is 33.1. The molecule has 0 atom stereocenters. The molecule has 0 radical (unpaired) electrons. The average molecular weight is 450 g/mol. The van der Waals surface area contributed by atoms with Crippen LogP contribution in [0.1, 0.15) is 0 Å². The van der Waals surface area contributed by atoms with Gasteiger partial charge >= 0.3 is 0 Å². The molecule has 0 aliphatic carbocycles. The summed E-state index contributed by atoms with van der Waals surface area (Å²) in [6.07, 6.45) is 2.94. The van der Waals surface area contributed by atoms with Gasteiger partial charge in [-0.25, -0.2) is 18.4 Å². The molecule has 0 spiro atoms. The summed E-state index contributed by atoms with van der Waals surface area (Å²) in [6, 6.07) is 15.3. The number of fused-ring (bicyclic) bond motifs is 3. The number of sulfonamides is 1. The molecule has 0 saturated carbocycles. The zero-order valence-electron chi connectivity index (χ0n) is 17.4. The zero-order chi connectivity index (χ0) is 22.1. The highest BCUT2D eigenvalue weighted by Gasteiger charge is 2.35. The number of hydrogen-bond donors (Lipinski definition) is 1. The molecule has 0 amide bonds. The Morgan fingerprint density at radius 3 is 2.59 bits per heavy atom. The van der Waals surface area contributed by atoms with Crippen LogP contribution >= 0.6 is 0 Å². The quantitative estimate of drug-likeness (QED) is 0.597. The second-order valence-electron chi connectivity index (χ2n) is 7.52. The molecule has 8 nitrogen and oxygen atoms in total. The Morgan fingerprint density at radius 2 is 1.84 bits per heavy atom. The van der Waals surface area contributed by atoms with Crippen molar-refractivity contribution in [3.05, 3.63) is 67.4 Å². The van der Waals surface area contributed by atoms with Gasteiger partial charge < -0.3 is 15.0 Å². The number of hydrogen-bond acceptors (Lipinski definition) is 7. The van der Waals surface area contributed by atoms with E-state index in [0.717, 1.165) is 43.2 Å². The van der Waals surface area contributed by atoms with E-state index in [0.29, 0.717) is 17.3 Å². The highest BCUT2D eigenvalue weighted by atomic mass is 32.2. The van der Waals surface area contributed by atoms with Crippen molar-refractivity contribution < 1.29 is 13.2 Å². The first-order chi connectivity index (χ1) is 15.6. The van der Waals surface area contributed by atoms with Gasteiger partial charge in [-0.05, 0) is 30.3 Å². The van der Waals surface area contributed by atoms with Crippen molar-refractivity contribution in [2.75, 3.05) is 47.4 Å². The number of benzene rings is 2. The number of ether oxygens (including phenoxy) is 1. The molecule has 5 rings (SSSR count). The summed E-state index contributed by atoms with van der Waals surface area (Å²) in [4.78, 5) is 11.2. The molecular weight excluding hydrogens is 426 g/mol. The number of nitrogens with one attached hydrogen (secondary N) is 1. The van der Waals surface area contributed by atoms with Gasteiger partial charge in [-0.15, -0.1) is 6.58 Å². The van der Waals surface area contributed by atoms with Crippen molar-refractivity contribution >= 4 is 33.0 Å². The molecule has 1 fully saturated rings. The SMILES string of the molecule is C=CCN1c2ccccc2-c2nc(Nc3ccc(N4CCOCC4)cc3)ncc2S1(=O)=O. The molecule has 9 heteroatoms. The van der Waals surface area contributed by atoms with Gasteiger partial charge in [0.25, 0.3) is 10.0 Å². The van der Waals surface area contributed by atoms with E-state index in [1.807, 2.05) is 42.5 Å². The monoisotopic (exact) mass is 449 g/mol. The number of aromatic nitrogens is 2. The van der Waals surface area contributed by atoms with Crippen LogP contribution in [0.25, 0.3) is 11.3 Å². The van der Waals surface area contributed by atoms with E-state index in [2.05, 4.69) is 26.8 Å². The van der Waals surface area contributed by atoms with E-state index in [1.54, 1.807) is 12.1 Å². The lowest BCUT2D eigenvalue weighted by Gasteiger charge is -2.30. The van der Waals surface area contributed by atoms with Crippen molar-refractivity contribution in [3.63, 3.8) is 0 Å². The molecule has 164 valence electrons. The summed E-state index contributed by atoms with van der Waals surface area (Å²) in [5.74, 6) is 0.338. The van der Waals surface area contributed by atoms with Gasteiger partial charge in [-0.2, -0.15) is 0 Å². The lowest BCUT2D eigenvalue weighted by atomic mass is 10.1. The van der Waals surface area contributed by atoms with Gasteiger partial charge in [-0.1, -0.05) is 24.3 Å². The molecule has 32 heavy (non-hydrogen) atoms. The van der Waals surface area contributed by atoms with E-state index in [9.17, 15) is 8.42 Å². The molecule has 1 saturated heterocycles. The molecule has 3 heterocycles. The van der Waals surface area contributed by atoms with Crippen LogP contribution in [0.3, 0.4) is 0 Å². The van der Waals surface area contributed by atoms with Gasteiger partial charge in [0, 0.05) is 30.0 Å². The Kier molecular flexibility index (Phi) is 5.28. The fourth-order valence-corrected chi connectivity index (χ4v) is 5.52. The molecule has 2 aliphatic heterocycles. The van der Waals surface area contributed by atoms with E-state index in [4.69, 9.17) is 4.74 Å². The number of para-hydroxylation sites is 1. The van der Waals surface area contributed by atoms with Crippen LogP contribution in [0.15, 0.2) is 72.3 Å². The van der Waals surface area contributed by atoms with Crippen LogP contribution < -0.4 is 14.5 Å². The van der Waals surface area contributed by atoms with E-state index < -0.39 is 10.0 Å².